The zero-order chi connectivity index (χ0) is 32.5. The molecule has 0 unspecified atom stereocenters. The average Bonchev–Trinajstić information content (AvgIpc) is 3.61. The molecular formula is C44H34N2OS. The largest absolute Gasteiger partial charge is 0.455 e. The van der Waals surface area contributed by atoms with Gasteiger partial charge in [-0.3, -0.25) is 0 Å². The highest BCUT2D eigenvalue weighted by molar-refractivity contribution is 7.20. The van der Waals surface area contributed by atoms with Crippen LogP contribution in [0.4, 0.5) is 0 Å². The molecule has 3 heterocycles. The first-order valence-corrected chi connectivity index (χ1v) is 17.4. The summed E-state index contributed by atoms with van der Waals surface area (Å²) >= 11 is 1.87. The van der Waals surface area contributed by atoms with Crippen molar-refractivity contribution in [2.45, 2.75) is 26.7 Å². The number of benzene rings is 5. The number of rotatable bonds is 4. The zero-order valence-corrected chi connectivity index (χ0v) is 27.8. The minimum Gasteiger partial charge on any atom is -0.455 e. The summed E-state index contributed by atoms with van der Waals surface area (Å²) in [7, 11) is 0. The van der Waals surface area contributed by atoms with Crippen LogP contribution < -0.4 is 0 Å². The van der Waals surface area contributed by atoms with Crippen molar-refractivity contribution in [3.05, 3.63) is 144 Å². The molecule has 9 rings (SSSR count). The van der Waals surface area contributed by atoms with Gasteiger partial charge in [0.1, 0.15) is 17.5 Å². The number of nitrogens with zero attached hydrogens (tertiary/aromatic N) is 2. The van der Waals surface area contributed by atoms with E-state index < -0.39 is 0 Å². The second kappa shape index (κ2) is 12.9. The van der Waals surface area contributed by atoms with Crippen LogP contribution in [0, 0.1) is 0 Å². The van der Waals surface area contributed by atoms with E-state index in [4.69, 9.17) is 9.40 Å². The van der Waals surface area contributed by atoms with Gasteiger partial charge in [-0.05, 0) is 53.5 Å². The molecule has 8 aromatic rings. The Bertz CT molecular complexity index is 2500. The van der Waals surface area contributed by atoms with Crippen molar-refractivity contribution in [1.29, 1.82) is 0 Å². The molecule has 48 heavy (non-hydrogen) atoms. The highest BCUT2D eigenvalue weighted by atomic mass is 32.1. The highest BCUT2D eigenvalue weighted by Crippen LogP contribution is 2.41. The molecule has 0 fully saturated rings. The zero-order valence-electron chi connectivity index (χ0n) is 27.0. The normalized spacial score (nSPS) is 12.2. The Hall–Kier alpha value is -5.58. The van der Waals surface area contributed by atoms with Gasteiger partial charge in [-0.1, -0.05) is 129 Å². The summed E-state index contributed by atoms with van der Waals surface area (Å²) in [5, 5.41) is 3.56. The lowest BCUT2D eigenvalue weighted by molar-refractivity contribution is 0.670. The number of aromatic nitrogens is 2. The molecule has 0 radical (unpaired) electrons. The molecule has 5 aromatic carbocycles. The fourth-order valence-corrected chi connectivity index (χ4v) is 7.71. The number of allylic oxidation sites excluding steroid dienone is 2. The molecule has 0 amide bonds. The molecule has 0 saturated carbocycles. The van der Waals surface area contributed by atoms with E-state index in [9.17, 15) is 0 Å². The topological polar surface area (TPSA) is 38.9 Å². The summed E-state index contributed by atoms with van der Waals surface area (Å²) in [6, 6.07) is 40.5. The van der Waals surface area contributed by atoms with Gasteiger partial charge in [-0.25, -0.2) is 9.97 Å². The van der Waals surface area contributed by atoms with E-state index in [0.29, 0.717) is 0 Å². The lowest BCUT2D eigenvalue weighted by Gasteiger charge is -2.09. The van der Waals surface area contributed by atoms with E-state index >= 15 is 0 Å². The average molecular weight is 639 g/mol. The molecule has 4 heteroatoms. The minimum absolute atomic E-state index is 0.881. The lowest BCUT2D eigenvalue weighted by Crippen LogP contribution is -1.90. The maximum atomic E-state index is 6.33. The Labute approximate surface area is 284 Å². The monoisotopic (exact) mass is 638 g/mol. The van der Waals surface area contributed by atoms with Crippen molar-refractivity contribution in [2.24, 2.45) is 0 Å². The SMILES string of the molecule is C1=Cc2sc3c(-c4cccc(-c5cc(-c6cccc(-c7cccc8c7oc7ccccc78)c6)ncn5)c4)cccc3c2C=CC1.CCC. The van der Waals surface area contributed by atoms with Gasteiger partial charge in [0.25, 0.3) is 0 Å². The Morgan fingerprint density at radius 3 is 1.98 bits per heavy atom. The third-order valence-corrected chi connectivity index (χ3v) is 9.84. The predicted molar refractivity (Wildman–Crippen MR) is 205 cm³/mol. The molecule has 0 atom stereocenters. The van der Waals surface area contributed by atoms with Gasteiger partial charge in [-0.2, -0.15) is 0 Å². The Morgan fingerprint density at radius 1 is 0.604 bits per heavy atom. The van der Waals surface area contributed by atoms with E-state index in [-0.39, 0.29) is 0 Å². The summed E-state index contributed by atoms with van der Waals surface area (Å²) < 4.78 is 7.65. The number of fused-ring (bicyclic) bond motifs is 6. The first-order valence-electron chi connectivity index (χ1n) is 16.5. The van der Waals surface area contributed by atoms with Gasteiger partial charge in [-0.15, -0.1) is 11.3 Å². The fraction of sp³-hybridized carbons (Fsp3) is 0.0909. The Morgan fingerprint density at radius 2 is 1.21 bits per heavy atom. The van der Waals surface area contributed by atoms with Crippen LogP contribution in [-0.2, 0) is 0 Å². The third kappa shape index (κ3) is 5.44. The summed E-state index contributed by atoms with van der Waals surface area (Å²) in [5.74, 6) is 0. The highest BCUT2D eigenvalue weighted by Gasteiger charge is 2.15. The maximum Gasteiger partial charge on any atom is 0.143 e. The molecule has 0 saturated heterocycles. The lowest BCUT2D eigenvalue weighted by atomic mass is 9.98. The van der Waals surface area contributed by atoms with E-state index in [0.717, 1.165) is 62.0 Å². The van der Waals surface area contributed by atoms with Gasteiger partial charge >= 0.3 is 0 Å². The van der Waals surface area contributed by atoms with Crippen molar-refractivity contribution >= 4 is 55.5 Å². The molecule has 0 aliphatic heterocycles. The van der Waals surface area contributed by atoms with Crippen molar-refractivity contribution in [1.82, 2.24) is 9.97 Å². The molecule has 0 N–H and O–H groups in total. The van der Waals surface area contributed by atoms with E-state index in [2.05, 4.69) is 146 Å². The van der Waals surface area contributed by atoms with Crippen LogP contribution in [0.15, 0.2) is 138 Å². The van der Waals surface area contributed by atoms with Crippen molar-refractivity contribution < 1.29 is 4.42 Å². The van der Waals surface area contributed by atoms with Crippen LogP contribution in [0.25, 0.3) is 88.9 Å². The second-order valence-electron chi connectivity index (χ2n) is 12.0. The first-order chi connectivity index (χ1) is 23.7. The first kappa shape index (κ1) is 29.8. The molecule has 1 aliphatic carbocycles. The van der Waals surface area contributed by atoms with Gasteiger partial charge in [0.05, 0.1) is 11.4 Å². The summed E-state index contributed by atoms with van der Waals surface area (Å²) in [6.07, 6.45) is 12.9. The molecule has 1 aliphatic rings. The van der Waals surface area contributed by atoms with Gasteiger partial charge < -0.3 is 4.42 Å². The van der Waals surface area contributed by atoms with Crippen molar-refractivity contribution in [2.75, 3.05) is 0 Å². The van der Waals surface area contributed by atoms with Crippen molar-refractivity contribution in [3.8, 4) is 44.8 Å². The van der Waals surface area contributed by atoms with Crippen LogP contribution in [0.1, 0.15) is 37.1 Å². The molecule has 3 aromatic heterocycles. The van der Waals surface area contributed by atoms with Gasteiger partial charge in [0, 0.05) is 48.0 Å². The molecule has 0 spiro atoms. The standard InChI is InChI=1S/C41H26N2OS.C3H8/c1-2-15-33-35-19-9-17-31(41(35)45-39(33)21-3-1)27-11-7-13-29(23-27)37-24-36(42-25-43-37)28-12-6-10-26(22-28)30-16-8-18-34-32-14-4-5-20-38(32)44-40(30)34;1-3-2/h2-25H,1H2;3H2,1-2H3. The fourth-order valence-electron chi connectivity index (χ4n) is 6.46. The number of hydrogen-bond donors (Lipinski definition) is 0. The number of para-hydroxylation sites is 2. The second-order valence-corrected chi connectivity index (χ2v) is 13.1. The molecule has 0 bridgehead atoms. The Balaban J connectivity index is 0.00000108. The van der Waals surface area contributed by atoms with Crippen LogP contribution in [-0.4, -0.2) is 9.97 Å². The number of hydrogen-bond acceptors (Lipinski definition) is 4. The van der Waals surface area contributed by atoms with Gasteiger partial charge in [0.15, 0.2) is 0 Å². The van der Waals surface area contributed by atoms with Crippen molar-refractivity contribution in [3.63, 3.8) is 0 Å². The number of furan rings is 1. The molecular weight excluding hydrogens is 605 g/mol. The number of thiophene rings is 1. The van der Waals surface area contributed by atoms with Crippen LogP contribution >= 0.6 is 11.3 Å². The summed E-state index contributed by atoms with van der Waals surface area (Å²) in [5.41, 5.74) is 11.6. The minimum atomic E-state index is 0.881. The summed E-state index contributed by atoms with van der Waals surface area (Å²) in [4.78, 5) is 10.7. The van der Waals surface area contributed by atoms with Crippen LogP contribution in [0.5, 0.6) is 0 Å². The van der Waals surface area contributed by atoms with Crippen LogP contribution in [0.3, 0.4) is 0 Å². The maximum absolute atomic E-state index is 6.33. The van der Waals surface area contributed by atoms with E-state index in [1.165, 1.54) is 38.1 Å². The van der Waals surface area contributed by atoms with Crippen LogP contribution in [0.2, 0.25) is 0 Å². The summed E-state index contributed by atoms with van der Waals surface area (Å²) in [6.45, 7) is 4.25. The quantitative estimate of drug-likeness (QED) is 0.192. The van der Waals surface area contributed by atoms with Gasteiger partial charge in [0.2, 0.25) is 0 Å². The predicted octanol–water partition coefficient (Wildman–Crippen LogP) is 13.1. The van der Waals surface area contributed by atoms with E-state index in [1.807, 2.05) is 23.5 Å². The third-order valence-electron chi connectivity index (χ3n) is 8.62. The van der Waals surface area contributed by atoms with E-state index in [1.54, 1.807) is 6.33 Å². The molecule has 3 nitrogen and oxygen atoms in total. The molecule has 232 valence electrons. The smallest absolute Gasteiger partial charge is 0.143 e. The Kier molecular flexibility index (Phi) is 8.01.